The maximum atomic E-state index is 4.41. The van der Waals surface area contributed by atoms with Crippen LogP contribution in [-0.2, 0) is 19.4 Å². The number of anilines is 1. The molecule has 0 amide bonds. The SMILES string of the molecule is CC(Cn1cccn1)Nc1ncnc2c1CCCC2. The molecule has 19 heavy (non-hydrogen) atoms. The Morgan fingerprint density at radius 1 is 1.32 bits per heavy atom. The Morgan fingerprint density at radius 3 is 3.05 bits per heavy atom. The van der Waals surface area contributed by atoms with Gasteiger partial charge in [0.05, 0.1) is 6.54 Å². The molecule has 100 valence electrons. The zero-order valence-corrected chi connectivity index (χ0v) is 11.2. The average Bonchev–Trinajstić information content (AvgIpc) is 2.92. The van der Waals surface area contributed by atoms with Crippen molar-refractivity contribution in [1.82, 2.24) is 19.7 Å². The minimum Gasteiger partial charge on any atom is -0.365 e. The van der Waals surface area contributed by atoms with Crippen molar-refractivity contribution in [3.63, 3.8) is 0 Å². The normalized spacial score (nSPS) is 15.8. The van der Waals surface area contributed by atoms with Crippen molar-refractivity contribution in [2.45, 2.75) is 45.2 Å². The van der Waals surface area contributed by atoms with E-state index in [4.69, 9.17) is 0 Å². The Labute approximate surface area is 113 Å². The molecule has 2 aromatic heterocycles. The summed E-state index contributed by atoms with van der Waals surface area (Å²) in [6.45, 7) is 2.99. The molecule has 0 bridgehead atoms. The van der Waals surface area contributed by atoms with Crippen molar-refractivity contribution in [2.24, 2.45) is 0 Å². The Balaban J connectivity index is 1.72. The lowest BCUT2D eigenvalue weighted by molar-refractivity contribution is 0.557. The van der Waals surface area contributed by atoms with Crippen molar-refractivity contribution in [3.05, 3.63) is 36.0 Å². The van der Waals surface area contributed by atoms with E-state index in [2.05, 4.69) is 27.3 Å². The summed E-state index contributed by atoms with van der Waals surface area (Å²) in [4.78, 5) is 8.80. The number of aromatic nitrogens is 4. The number of nitrogens with one attached hydrogen (secondary N) is 1. The van der Waals surface area contributed by atoms with Crippen LogP contribution >= 0.6 is 0 Å². The van der Waals surface area contributed by atoms with Crippen molar-refractivity contribution in [1.29, 1.82) is 0 Å². The summed E-state index contributed by atoms with van der Waals surface area (Å²) in [6, 6.07) is 2.24. The van der Waals surface area contributed by atoms with E-state index in [0.29, 0.717) is 6.04 Å². The van der Waals surface area contributed by atoms with E-state index in [1.807, 2.05) is 16.9 Å². The molecular formula is C14H19N5. The van der Waals surface area contributed by atoms with E-state index in [-0.39, 0.29) is 0 Å². The number of nitrogens with zero attached hydrogens (tertiary/aromatic N) is 4. The van der Waals surface area contributed by atoms with Crippen LogP contribution in [-0.4, -0.2) is 25.8 Å². The highest BCUT2D eigenvalue weighted by Crippen LogP contribution is 2.24. The first-order chi connectivity index (χ1) is 9.33. The highest BCUT2D eigenvalue weighted by molar-refractivity contribution is 5.47. The van der Waals surface area contributed by atoms with E-state index < -0.39 is 0 Å². The standard InChI is InChI=1S/C14H19N5/c1-11(9-19-8-4-7-17-19)18-14-12-5-2-3-6-13(12)15-10-16-14/h4,7-8,10-11H,2-3,5-6,9H2,1H3,(H,15,16,18). The van der Waals surface area contributed by atoms with Gasteiger partial charge in [0.15, 0.2) is 0 Å². The molecule has 1 N–H and O–H groups in total. The van der Waals surface area contributed by atoms with E-state index in [9.17, 15) is 0 Å². The topological polar surface area (TPSA) is 55.6 Å². The third-order valence-corrected chi connectivity index (χ3v) is 3.53. The van der Waals surface area contributed by atoms with Crippen LogP contribution < -0.4 is 5.32 Å². The molecule has 5 nitrogen and oxygen atoms in total. The first-order valence-electron chi connectivity index (χ1n) is 6.89. The molecule has 2 aromatic rings. The van der Waals surface area contributed by atoms with Gasteiger partial charge in [-0.1, -0.05) is 0 Å². The van der Waals surface area contributed by atoms with E-state index in [1.165, 1.54) is 24.1 Å². The molecule has 0 saturated carbocycles. The van der Waals surface area contributed by atoms with Gasteiger partial charge < -0.3 is 5.32 Å². The lowest BCUT2D eigenvalue weighted by Crippen LogP contribution is -2.24. The summed E-state index contributed by atoms with van der Waals surface area (Å²) >= 11 is 0. The van der Waals surface area contributed by atoms with Crippen LogP contribution in [0.4, 0.5) is 5.82 Å². The van der Waals surface area contributed by atoms with Crippen LogP contribution in [0.2, 0.25) is 0 Å². The predicted octanol–water partition coefficient (Wildman–Crippen LogP) is 2.05. The van der Waals surface area contributed by atoms with Crippen molar-refractivity contribution >= 4 is 5.82 Å². The molecule has 0 aliphatic heterocycles. The smallest absolute Gasteiger partial charge is 0.133 e. The van der Waals surface area contributed by atoms with Crippen LogP contribution in [0.15, 0.2) is 24.8 Å². The Kier molecular flexibility index (Phi) is 3.44. The van der Waals surface area contributed by atoms with Crippen molar-refractivity contribution in [2.75, 3.05) is 5.32 Å². The zero-order valence-electron chi connectivity index (χ0n) is 11.2. The number of hydrogen-bond donors (Lipinski definition) is 1. The lowest BCUT2D eigenvalue weighted by Gasteiger charge is -2.21. The van der Waals surface area contributed by atoms with Gasteiger partial charge in [-0.15, -0.1) is 0 Å². The van der Waals surface area contributed by atoms with Crippen LogP contribution in [0.25, 0.3) is 0 Å². The summed E-state index contributed by atoms with van der Waals surface area (Å²) < 4.78 is 1.94. The molecule has 1 unspecified atom stereocenters. The second-order valence-electron chi connectivity index (χ2n) is 5.13. The fourth-order valence-electron chi connectivity index (χ4n) is 2.61. The molecule has 0 aromatic carbocycles. The first kappa shape index (κ1) is 12.1. The van der Waals surface area contributed by atoms with Gasteiger partial charge in [0, 0.05) is 29.7 Å². The Bertz CT molecular complexity index is 535. The second kappa shape index (κ2) is 5.38. The Hall–Kier alpha value is -1.91. The number of aryl methyl sites for hydroxylation is 1. The van der Waals surface area contributed by atoms with Crippen LogP contribution in [0.3, 0.4) is 0 Å². The van der Waals surface area contributed by atoms with Crippen LogP contribution in [0.5, 0.6) is 0 Å². The van der Waals surface area contributed by atoms with Crippen molar-refractivity contribution in [3.8, 4) is 0 Å². The summed E-state index contributed by atoms with van der Waals surface area (Å²) in [5.74, 6) is 1.00. The fraction of sp³-hybridized carbons (Fsp3) is 0.500. The molecule has 3 rings (SSSR count). The highest BCUT2D eigenvalue weighted by Gasteiger charge is 2.16. The van der Waals surface area contributed by atoms with Gasteiger partial charge >= 0.3 is 0 Å². The quantitative estimate of drug-likeness (QED) is 0.910. The first-order valence-corrected chi connectivity index (χ1v) is 6.89. The number of rotatable bonds is 4. The van der Waals surface area contributed by atoms with E-state index in [1.54, 1.807) is 12.5 Å². The minimum absolute atomic E-state index is 0.292. The molecule has 0 saturated heterocycles. The van der Waals surface area contributed by atoms with Gasteiger partial charge in [-0.3, -0.25) is 4.68 Å². The summed E-state index contributed by atoms with van der Waals surface area (Å²) in [5, 5.41) is 7.73. The molecule has 1 aliphatic carbocycles. The van der Waals surface area contributed by atoms with Gasteiger partial charge in [-0.25, -0.2) is 9.97 Å². The van der Waals surface area contributed by atoms with Gasteiger partial charge in [0.1, 0.15) is 12.1 Å². The second-order valence-corrected chi connectivity index (χ2v) is 5.13. The monoisotopic (exact) mass is 257 g/mol. The zero-order chi connectivity index (χ0) is 13.1. The third-order valence-electron chi connectivity index (χ3n) is 3.53. The minimum atomic E-state index is 0.292. The predicted molar refractivity (Wildman–Crippen MR) is 74.0 cm³/mol. The largest absolute Gasteiger partial charge is 0.365 e. The van der Waals surface area contributed by atoms with Gasteiger partial charge in [-0.2, -0.15) is 5.10 Å². The highest BCUT2D eigenvalue weighted by atomic mass is 15.3. The third kappa shape index (κ3) is 2.75. The fourth-order valence-corrected chi connectivity index (χ4v) is 2.61. The van der Waals surface area contributed by atoms with E-state index in [0.717, 1.165) is 25.2 Å². The van der Waals surface area contributed by atoms with Gasteiger partial charge in [0.25, 0.3) is 0 Å². The van der Waals surface area contributed by atoms with Gasteiger partial charge in [-0.05, 0) is 38.7 Å². The summed E-state index contributed by atoms with van der Waals surface area (Å²) in [5.41, 5.74) is 2.52. The van der Waals surface area contributed by atoms with E-state index >= 15 is 0 Å². The molecule has 5 heteroatoms. The Morgan fingerprint density at radius 2 is 2.21 bits per heavy atom. The lowest BCUT2D eigenvalue weighted by atomic mass is 9.96. The summed E-state index contributed by atoms with van der Waals surface area (Å²) in [6.07, 6.45) is 10.1. The average molecular weight is 257 g/mol. The van der Waals surface area contributed by atoms with Crippen molar-refractivity contribution < 1.29 is 0 Å². The molecule has 0 radical (unpaired) electrons. The maximum absolute atomic E-state index is 4.41. The van der Waals surface area contributed by atoms with Gasteiger partial charge in [0.2, 0.25) is 0 Å². The number of fused-ring (bicyclic) bond motifs is 1. The summed E-state index contributed by atoms with van der Waals surface area (Å²) in [7, 11) is 0. The van der Waals surface area contributed by atoms with Crippen LogP contribution in [0, 0.1) is 0 Å². The molecule has 0 fully saturated rings. The molecular weight excluding hydrogens is 238 g/mol. The molecule has 0 spiro atoms. The molecule has 1 aliphatic rings. The van der Waals surface area contributed by atoms with Crippen LogP contribution in [0.1, 0.15) is 31.0 Å². The molecule has 1 atom stereocenters. The molecule has 2 heterocycles. The maximum Gasteiger partial charge on any atom is 0.133 e. The number of hydrogen-bond acceptors (Lipinski definition) is 4.